The summed E-state index contributed by atoms with van der Waals surface area (Å²) in [5.41, 5.74) is 4.91. The molecule has 0 saturated carbocycles. The Labute approximate surface area is 127 Å². The van der Waals surface area contributed by atoms with Crippen LogP contribution in [0.15, 0.2) is 28.8 Å². The summed E-state index contributed by atoms with van der Waals surface area (Å²) in [7, 11) is 0. The van der Waals surface area contributed by atoms with E-state index in [1.807, 2.05) is 38.1 Å². The molecule has 2 aromatic heterocycles. The molecule has 0 aliphatic carbocycles. The molecule has 1 aromatic carbocycles. The van der Waals surface area contributed by atoms with Crippen LogP contribution in [0.4, 0.5) is 0 Å². The molecule has 0 amide bonds. The lowest BCUT2D eigenvalue weighted by atomic mass is 9.95. The number of rotatable bonds is 3. The van der Waals surface area contributed by atoms with E-state index in [0.717, 1.165) is 16.7 Å². The third-order valence-electron chi connectivity index (χ3n) is 3.98. The third kappa shape index (κ3) is 2.24. The van der Waals surface area contributed by atoms with Gasteiger partial charge in [0.05, 0.1) is 0 Å². The second-order valence-electron chi connectivity index (χ2n) is 5.41. The molecule has 0 aliphatic heterocycles. The van der Waals surface area contributed by atoms with Gasteiger partial charge in [0.25, 0.3) is 0 Å². The minimum Gasteiger partial charge on any atom is -0.477 e. The van der Waals surface area contributed by atoms with E-state index < -0.39 is 5.97 Å². The van der Waals surface area contributed by atoms with Gasteiger partial charge in [-0.05, 0) is 43.0 Å². The van der Waals surface area contributed by atoms with E-state index in [2.05, 4.69) is 10.1 Å². The predicted octanol–water partition coefficient (Wildman–Crippen LogP) is 3.44. The number of aromatic carboxylic acids is 1. The van der Waals surface area contributed by atoms with Crippen molar-refractivity contribution in [1.29, 1.82) is 0 Å². The molecule has 3 aromatic rings. The van der Waals surface area contributed by atoms with E-state index >= 15 is 0 Å². The number of hydrogen-bond acceptors (Lipinski definition) is 4. The molecule has 5 nitrogen and oxygen atoms in total. The normalized spacial score (nSPS) is 11.0. The van der Waals surface area contributed by atoms with Crippen molar-refractivity contribution in [2.24, 2.45) is 0 Å². The highest BCUT2D eigenvalue weighted by Crippen LogP contribution is 2.27. The number of fused-ring (bicyclic) bond motifs is 1. The SMILES string of the molecule is Cc1ccccc1Cc1c(C(=O)O)nc2c(C)onc2c1C. The van der Waals surface area contributed by atoms with Crippen molar-refractivity contribution < 1.29 is 14.4 Å². The zero-order chi connectivity index (χ0) is 15.9. The number of aromatic nitrogens is 2. The predicted molar refractivity (Wildman–Crippen MR) is 82.2 cm³/mol. The smallest absolute Gasteiger partial charge is 0.354 e. The number of aryl methyl sites for hydroxylation is 3. The lowest BCUT2D eigenvalue weighted by Gasteiger charge is -2.11. The highest BCUT2D eigenvalue weighted by Gasteiger charge is 2.21. The van der Waals surface area contributed by atoms with Gasteiger partial charge in [-0.15, -0.1) is 0 Å². The first kappa shape index (κ1) is 14.3. The fraction of sp³-hybridized carbons (Fsp3) is 0.235. The van der Waals surface area contributed by atoms with Crippen molar-refractivity contribution in [2.45, 2.75) is 27.2 Å². The molecule has 22 heavy (non-hydrogen) atoms. The van der Waals surface area contributed by atoms with Crippen molar-refractivity contribution in [2.75, 3.05) is 0 Å². The minimum atomic E-state index is -1.03. The standard InChI is InChI=1S/C17H16N2O3/c1-9-6-4-5-7-12(9)8-13-10(2)14-15(11(3)22-19-14)18-16(13)17(20)21/h4-7H,8H2,1-3H3,(H,20,21). The van der Waals surface area contributed by atoms with Crippen molar-refractivity contribution in [1.82, 2.24) is 10.1 Å². The molecule has 0 fully saturated rings. The maximum atomic E-state index is 11.6. The average molecular weight is 296 g/mol. The quantitative estimate of drug-likeness (QED) is 0.801. The molecule has 0 radical (unpaired) electrons. The van der Waals surface area contributed by atoms with Crippen LogP contribution in [0.2, 0.25) is 0 Å². The number of carboxylic acid groups (broad SMARTS) is 1. The molecule has 3 rings (SSSR count). The summed E-state index contributed by atoms with van der Waals surface area (Å²) in [6.45, 7) is 5.61. The second-order valence-corrected chi connectivity index (χ2v) is 5.41. The molecule has 2 heterocycles. The highest BCUT2D eigenvalue weighted by molar-refractivity contribution is 5.93. The molecule has 5 heteroatoms. The van der Waals surface area contributed by atoms with Gasteiger partial charge >= 0.3 is 5.97 Å². The number of benzene rings is 1. The van der Waals surface area contributed by atoms with Crippen LogP contribution in [0.5, 0.6) is 0 Å². The Kier molecular flexibility index (Phi) is 3.41. The van der Waals surface area contributed by atoms with Crippen LogP contribution in [-0.2, 0) is 6.42 Å². The van der Waals surface area contributed by atoms with Crippen LogP contribution >= 0.6 is 0 Å². The zero-order valence-electron chi connectivity index (χ0n) is 12.7. The number of carbonyl (C=O) groups is 1. The van der Waals surface area contributed by atoms with E-state index in [9.17, 15) is 9.90 Å². The number of nitrogens with zero attached hydrogens (tertiary/aromatic N) is 2. The molecule has 0 atom stereocenters. The molecule has 0 spiro atoms. The largest absolute Gasteiger partial charge is 0.477 e. The summed E-state index contributed by atoms with van der Waals surface area (Å²) in [5, 5.41) is 13.5. The lowest BCUT2D eigenvalue weighted by Crippen LogP contribution is -2.09. The van der Waals surface area contributed by atoms with Gasteiger partial charge in [0.15, 0.2) is 11.5 Å². The fourth-order valence-electron chi connectivity index (χ4n) is 2.64. The summed E-state index contributed by atoms with van der Waals surface area (Å²) in [6, 6.07) is 7.92. The minimum absolute atomic E-state index is 0.0690. The topological polar surface area (TPSA) is 76.2 Å². The average Bonchev–Trinajstić information content (AvgIpc) is 2.85. The van der Waals surface area contributed by atoms with Crippen molar-refractivity contribution in [3.8, 4) is 0 Å². The van der Waals surface area contributed by atoms with Crippen LogP contribution < -0.4 is 0 Å². The second kappa shape index (κ2) is 5.26. The first-order chi connectivity index (χ1) is 10.5. The summed E-state index contributed by atoms with van der Waals surface area (Å²) < 4.78 is 5.15. The van der Waals surface area contributed by atoms with Gasteiger partial charge in [-0.25, -0.2) is 9.78 Å². The summed E-state index contributed by atoms with van der Waals surface area (Å²) in [4.78, 5) is 15.9. The maximum Gasteiger partial charge on any atom is 0.354 e. The van der Waals surface area contributed by atoms with Crippen molar-refractivity contribution in [3.63, 3.8) is 0 Å². The van der Waals surface area contributed by atoms with Crippen LogP contribution in [0, 0.1) is 20.8 Å². The van der Waals surface area contributed by atoms with Crippen molar-refractivity contribution >= 4 is 17.0 Å². The lowest BCUT2D eigenvalue weighted by molar-refractivity contribution is 0.0689. The zero-order valence-corrected chi connectivity index (χ0v) is 12.7. The number of carboxylic acids is 1. The highest BCUT2D eigenvalue weighted by atomic mass is 16.5. The Bertz CT molecular complexity index is 881. The molecule has 0 aliphatic rings. The van der Waals surface area contributed by atoms with Gasteiger partial charge in [0.2, 0.25) is 0 Å². The third-order valence-corrected chi connectivity index (χ3v) is 3.98. The van der Waals surface area contributed by atoms with Gasteiger partial charge in [-0.1, -0.05) is 29.4 Å². The van der Waals surface area contributed by atoms with Crippen LogP contribution in [0.25, 0.3) is 11.0 Å². The molecule has 112 valence electrons. The maximum absolute atomic E-state index is 11.6. The Morgan fingerprint density at radius 3 is 2.59 bits per heavy atom. The van der Waals surface area contributed by atoms with Crippen molar-refractivity contribution in [3.05, 3.63) is 58.0 Å². The van der Waals surface area contributed by atoms with Gasteiger partial charge in [0, 0.05) is 6.42 Å². The first-order valence-electron chi connectivity index (χ1n) is 7.02. The molecule has 0 unspecified atom stereocenters. The summed E-state index contributed by atoms with van der Waals surface area (Å²) in [6.07, 6.45) is 0.509. The van der Waals surface area contributed by atoms with E-state index in [-0.39, 0.29) is 5.69 Å². The summed E-state index contributed by atoms with van der Waals surface area (Å²) in [5.74, 6) is -0.503. The molecule has 0 bridgehead atoms. The van der Waals surface area contributed by atoms with E-state index in [0.29, 0.717) is 28.8 Å². The monoisotopic (exact) mass is 296 g/mol. The molecule has 1 N–H and O–H groups in total. The van der Waals surface area contributed by atoms with Crippen LogP contribution in [0.3, 0.4) is 0 Å². The fourth-order valence-corrected chi connectivity index (χ4v) is 2.64. The van der Waals surface area contributed by atoms with E-state index in [1.54, 1.807) is 6.92 Å². The Morgan fingerprint density at radius 2 is 1.91 bits per heavy atom. The van der Waals surface area contributed by atoms with Crippen LogP contribution in [-0.4, -0.2) is 21.2 Å². The number of hydrogen-bond donors (Lipinski definition) is 1. The Balaban J connectivity index is 2.23. The van der Waals surface area contributed by atoms with Gasteiger partial charge in [-0.3, -0.25) is 0 Å². The first-order valence-corrected chi connectivity index (χ1v) is 7.02. The Morgan fingerprint density at radius 1 is 1.18 bits per heavy atom. The van der Waals surface area contributed by atoms with Crippen LogP contribution in [0.1, 0.15) is 38.5 Å². The van der Waals surface area contributed by atoms with Gasteiger partial charge in [-0.2, -0.15) is 0 Å². The van der Waals surface area contributed by atoms with Gasteiger partial charge < -0.3 is 9.63 Å². The number of pyridine rings is 1. The summed E-state index contributed by atoms with van der Waals surface area (Å²) >= 11 is 0. The Hall–Kier alpha value is -2.69. The van der Waals surface area contributed by atoms with Gasteiger partial charge in [0.1, 0.15) is 11.0 Å². The van der Waals surface area contributed by atoms with E-state index in [4.69, 9.17) is 4.52 Å². The molecular formula is C17H16N2O3. The molecule has 0 saturated heterocycles. The molecular weight excluding hydrogens is 280 g/mol. The van der Waals surface area contributed by atoms with E-state index in [1.165, 1.54) is 0 Å².